The standard InChI is InChI=1S/C18H23N5O2/c1-23-15-8-12(20-10-11-6-7-19-9-11)2-3-13(15)17(22-23)14-4-5-16(24)21-18(14)25/h2-3,8,11,14,19-20H,4-7,9-10H2,1H3,(H,21,24,25)/t11-,14?/m0/s1. The second-order valence-electron chi connectivity index (χ2n) is 6.98. The van der Waals surface area contributed by atoms with Gasteiger partial charge in [-0.2, -0.15) is 5.10 Å². The lowest BCUT2D eigenvalue weighted by Gasteiger charge is -2.19. The fraction of sp³-hybridized carbons (Fsp3) is 0.500. The fourth-order valence-corrected chi connectivity index (χ4v) is 3.76. The van der Waals surface area contributed by atoms with Gasteiger partial charge in [0.1, 0.15) is 0 Å². The van der Waals surface area contributed by atoms with Gasteiger partial charge in [0.2, 0.25) is 11.8 Å². The van der Waals surface area contributed by atoms with Crippen LogP contribution in [0.3, 0.4) is 0 Å². The fourth-order valence-electron chi connectivity index (χ4n) is 3.76. The molecule has 0 radical (unpaired) electrons. The van der Waals surface area contributed by atoms with Gasteiger partial charge >= 0.3 is 0 Å². The van der Waals surface area contributed by atoms with Crippen molar-refractivity contribution in [2.24, 2.45) is 13.0 Å². The van der Waals surface area contributed by atoms with E-state index in [0.29, 0.717) is 18.8 Å². The van der Waals surface area contributed by atoms with Crippen LogP contribution in [0.15, 0.2) is 18.2 Å². The van der Waals surface area contributed by atoms with Gasteiger partial charge in [-0.15, -0.1) is 0 Å². The number of carbonyl (C=O) groups excluding carboxylic acids is 2. The first-order valence-corrected chi connectivity index (χ1v) is 8.87. The Balaban J connectivity index is 1.58. The molecule has 1 aromatic carbocycles. The molecule has 7 heteroatoms. The lowest BCUT2D eigenvalue weighted by atomic mass is 9.93. The molecular formula is C18H23N5O2. The highest BCUT2D eigenvalue weighted by Gasteiger charge is 2.31. The molecule has 4 rings (SSSR count). The summed E-state index contributed by atoms with van der Waals surface area (Å²) in [7, 11) is 1.89. The summed E-state index contributed by atoms with van der Waals surface area (Å²) in [6.45, 7) is 3.12. The molecule has 2 atom stereocenters. The predicted molar refractivity (Wildman–Crippen MR) is 95.3 cm³/mol. The average Bonchev–Trinajstić information content (AvgIpc) is 3.22. The van der Waals surface area contributed by atoms with Gasteiger partial charge in [-0.1, -0.05) is 0 Å². The van der Waals surface area contributed by atoms with E-state index in [2.05, 4.69) is 27.1 Å². The van der Waals surface area contributed by atoms with Gasteiger partial charge in [0, 0.05) is 31.1 Å². The summed E-state index contributed by atoms with van der Waals surface area (Å²) in [6, 6.07) is 6.15. The lowest BCUT2D eigenvalue weighted by Crippen LogP contribution is -2.39. The van der Waals surface area contributed by atoms with Crippen LogP contribution in [0.2, 0.25) is 0 Å². The summed E-state index contributed by atoms with van der Waals surface area (Å²) in [6.07, 6.45) is 2.09. The van der Waals surface area contributed by atoms with E-state index in [1.807, 2.05) is 23.9 Å². The Kier molecular flexibility index (Phi) is 4.17. The summed E-state index contributed by atoms with van der Waals surface area (Å²) in [4.78, 5) is 23.5. The van der Waals surface area contributed by atoms with Crippen LogP contribution in [0.5, 0.6) is 0 Å². The molecule has 7 nitrogen and oxygen atoms in total. The van der Waals surface area contributed by atoms with E-state index in [1.54, 1.807) is 0 Å². The number of carbonyl (C=O) groups is 2. The number of aryl methyl sites for hydroxylation is 1. The number of benzene rings is 1. The smallest absolute Gasteiger partial charge is 0.235 e. The number of nitrogens with one attached hydrogen (secondary N) is 3. The van der Waals surface area contributed by atoms with Crippen LogP contribution in [0.4, 0.5) is 5.69 Å². The number of piperidine rings is 1. The van der Waals surface area contributed by atoms with E-state index < -0.39 is 0 Å². The van der Waals surface area contributed by atoms with E-state index in [1.165, 1.54) is 6.42 Å². The Morgan fingerprint density at radius 3 is 2.96 bits per heavy atom. The third-order valence-corrected chi connectivity index (χ3v) is 5.21. The minimum Gasteiger partial charge on any atom is -0.385 e. The lowest BCUT2D eigenvalue weighted by molar-refractivity contribution is -0.134. The number of anilines is 1. The van der Waals surface area contributed by atoms with Gasteiger partial charge in [0.25, 0.3) is 0 Å². The molecule has 2 amide bonds. The molecule has 2 aliphatic heterocycles. The molecule has 1 aromatic heterocycles. The summed E-state index contributed by atoms with van der Waals surface area (Å²) < 4.78 is 1.82. The number of imide groups is 1. The molecule has 2 saturated heterocycles. The van der Waals surface area contributed by atoms with Crippen molar-refractivity contribution in [2.45, 2.75) is 25.2 Å². The number of amides is 2. The van der Waals surface area contributed by atoms with Gasteiger partial charge in [-0.25, -0.2) is 0 Å². The summed E-state index contributed by atoms with van der Waals surface area (Å²) >= 11 is 0. The molecule has 3 N–H and O–H groups in total. The van der Waals surface area contributed by atoms with Gasteiger partial charge < -0.3 is 10.6 Å². The highest BCUT2D eigenvalue weighted by molar-refractivity contribution is 6.02. The van der Waals surface area contributed by atoms with E-state index >= 15 is 0 Å². The van der Waals surface area contributed by atoms with Gasteiger partial charge in [0.05, 0.1) is 17.1 Å². The highest BCUT2D eigenvalue weighted by Crippen LogP contribution is 2.31. The third kappa shape index (κ3) is 3.11. The minimum absolute atomic E-state index is 0.200. The van der Waals surface area contributed by atoms with Crippen molar-refractivity contribution in [2.75, 3.05) is 25.0 Å². The SMILES string of the molecule is Cn1nc(C2CCC(=O)NC2=O)c2ccc(NC[C@H]3CCNC3)cc21. The zero-order valence-corrected chi connectivity index (χ0v) is 14.3. The molecule has 25 heavy (non-hydrogen) atoms. The first kappa shape index (κ1) is 16.1. The van der Waals surface area contributed by atoms with Crippen molar-refractivity contribution in [1.29, 1.82) is 0 Å². The van der Waals surface area contributed by atoms with E-state index in [9.17, 15) is 9.59 Å². The maximum atomic E-state index is 12.2. The number of hydrogen-bond acceptors (Lipinski definition) is 5. The molecule has 132 valence electrons. The van der Waals surface area contributed by atoms with Crippen molar-refractivity contribution in [1.82, 2.24) is 20.4 Å². The van der Waals surface area contributed by atoms with Crippen LogP contribution < -0.4 is 16.0 Å². The zero-order chi connectivity index (χ0) is 17.4. The number of rotatable bonds is 4. The Labute approximate surface area is 146 Å². The largest absolute Gasteiger partial charge is 0.385 e. The Morgan fingerprint density at radius 1 is 1.32 bits per heavy atom. The molecule has 0 saturated carbocycles. The van der Waals surface area contributed by atoms with E-state index in [0.717, 1.165) is 41.9 Å². The van der Waals surface area contributed by atoms with E-state index in [-0.39, 0.29) is 17.7 Å². The summed E-state index contributed by atoms with van der Waals surface area (Å²) in [5.41, 5.74) is 2.82. The number of fused-ring (bicyclic) bond motifs is 1. The van der Waals surface area contributed by atoms with Crippen LogP contribution in [-0.4, -0.2) is 41.2 Å². The van der Waals surface area contributed by atoms with Crippen molar-refractivity contribution in [3.05, 3.63) is 23.9 Å². The first-order valence-electron chi connectivity index (χ1n) is 8.87. The van der Waals surface area contributed by atoms with Gasteiger partial charge in [-0.05, 0) is 50.0 Å². The molecule has 0 spiro atoms. The van der Waals surface area contributed by atoms with Gasteiger partial charge in [-0.3, -0.25) is 19.6 Å². The van der Waals surface area contributed by atoms with Gasteiger partial charge in [0.15, 0.2) is 0 Å². The maximum absolute atomic E-state index is 12.2. The van der Waals surface area contributed by atoms with E-state index in [4.69, 9.17) is 0 Å². The predicted octanol–water partition coefficient (Wildman–Crippen LogP) is 1.11. The first-order chi connectivity index (χ1) is 12.1. The normalized spacial score (nSPS) is 23.9. The van der Waals surface area contributed by atoms with Crippen LogP contribution in [0.1, 0.15) is 30.9 Å². The monoisotopic (exact) mass is 341 g/mol. The molecule has 0 aliphatic carbocycles. The topological polar surface area (TPSA) is 88.0 Å². The second-order valence-corrected chi connectivity index (χ2v) is 6.98. The van der Waals surface area contributed by atoms with Crippen molar-refractivity contribution in [3.63, 3.8) is 0 Å². The van der Waals surface area contributed by atoms with Crippen molar-refractivity contribution >= 4 is 28.4 Å². The van der Waals surface area contributed by atoms with Crippen LogP contribution in [0, 0.1) is 5.92 Å². The Hall–Kier alpha value is -2.41. The molecule has 2 aliphatic rings. The molecule has 1 unspecified atom stereocenters. The number of hydrogen-bond donors (Lipinski definition) is 3. The molecule has 0 bridgehead atoms. The summed E-state index contributed by atoms with van der Waals surface area (Å²) in [5.74, 6) is -0.132. The van der Waals surface area contributed by atoms with Crippen molar-refractivity contribution in [3.8, 4) is 0 Å². The maximum Gasteiger partial charge on any atom is 0.235 e. The van der Waals surface area contributed by atoms with Crippen LogP contribution in [-0.2, 0) is 16.6 Å². The number of aromatic nitrogens is 2. The highest BCUT2D eigenvalue weighted by atomic mass is 16.2. The number of nitrogens with zero attached hydrogens (tertiary/aromatic N) is 2. The van der Waals surface area contributed by atoms with Crippen LogP contribution in [0.25, 0.3) is 10.9 Å². The average molecular weight is 341 g/mol. The molecule has 2 aromatic rings. The quantitative estimate of drug-likeness (QED) is 0.725. The summed E-state index contributed by atoms with van der Waals surface area (Å²) in [5, 5.41) is 14.9. The Morgan fingerprint density at radius 2 is 2.20 bits per heavy atom. The molecular weight excluding hydrogens is 318 g/mol. The Bertz CT molecular complexity index is 822. The molecule has 2 fully saturated rings. The second kappa shape index (κ2) is 6.48. The third-order valence-electron chi connectivity index (χ3n) is 5.21. The van der Waals surface area contributed by atoms with Crippen LogP contribution >= 0.6 is 0 Å². The minimum atomic E-state index is -0.357. The zero-order valence-electron chi connectivity index (χ0n) is 14.3. The molecule has 3 heterocycles. The van der Waals surface area contributed by atoms with Crippen molar-refractivity contribution < 1.29 is 9.59 Å².